The number of nitrogens with one attached hydrogen (secondary N) is 1. The second-order valence-corrected chi connectivity index (χ2v) is 6.31. The fourth-order valence-corrected chi connectivity index (χ4v) is 3.15. The number of benzene rings is 2. The standard InChI is InChI=1S/C19H18ClNO4/c1-11(22)21-10-16-8-15-7-14(9-17(20)18(15)25-16)12-4-3-5-13(6-12)19(23)24-2/h3-7,9,16H,8,10H2,1-2H3,(H,21,22)/t16-/m0/s1. The Hall–Kier alpha value is -2.53. The number of fused-ring (bicyclic) bond motifs is 1. The molecule has 2 aromatic rings. The lowest BCUT2D eigenvalue weighted by Gasteiger charge is -2.11. The monoisotopic (exact) mass is 359 g/mol. The van der Waals surface area contributed by atoms with Crippen LogP contribution in [0.4, 0.5) is 0 Å². The zero-order chi connectivity index (χ0) is 18.0. The molecule has 0 aliphatic carbocycles. The van der Waals surface area contributed by atoms with Gasteiger partial charge in [-0.1, -0.05) is 23.7 Å². The summed E-state index contributed by atoms with van der Waals surface area (Å²) in [5.41, 5.74) is 3.24. The predicted octanol–water partition coefficient (Wildman–Crippen LogP) is 3.23. The molecule has 0 unspecified atom stereocenters. The lowest BCUT2D eigenvalue weighted by molar-refractivity contribution is -0.119. The van der Waals surface area contributed by atoms with Crippen LogP contribution >= 0.6 is 11.6 Å². The molecule has 2 aromatic carbocycles. The van der Waals surface area contributed by atoms with Gasteiger partial charge in [0, 0.05) is 18.9 Å². The summed E-state index contributed by atoms with van der Waals surface area (Å²) in [7, 11) is 1.35. The minimum atomic E-state index is -0.382. The van der Waals surface area contributed by atoms with Crippen LogP contribution in [0.3, 0.4) is 0 Å². The number of carbonyl (C=O) groups is 2. The van der Waals surface area contributed by atoms with Crippen molar-refractivity contribution in [2.45, 2.75) is 19.4 Å². The lowest BCUT2D eigenvalue weighted by Crippen LogP contribution is -2.32. The molecule has 0 spiro atoms. The van der Waals surface area contributed by atoms with Crippen molar-refractivity contribution in [1.29, 1.82) is 0 Å². The summed E-state index contributed by atoms with van der Waals surface area (Å²) < 4.78 is 10.6. The van der Waals surface area contributed by atoms with Crippen LogP contribution in [0.5, 0.6) is 5.75 Å². The van der Waals surface area contributed by atoms with Gasteiger partial charge in [-0.15, -0.1) is 0 Å². The maximum atomic E-state index is 11.7. The van der Waals surface area contributed by atoms with Crippen LogP contribution in [0, 0.1) is 0 Å². The van der Waals surface area contributed by atoms with E-state index in [0.29, 0.717) is 29.3 Å². The van der Waals surface area contributed by atoms with E-state index in [9.17, 15) is 9.59 Å². The van der Waals surface area contributed by atoms with Gasteiger partial charge >= 0.3 is 5.97 Å². The van der Waals surface area contributed by atoms with Crippen LogP contribution in [0.1, 0.15) is 22.8 Å². The molecular weight excluding hydrogens is 342 g/mol. The van der Waals surface area contributed by atoms with E-state index in [0.717, 1.165) is 16.7 Å². The number of amides is 1. The van der Waals surface area contributed by atoms with E-state index in [1.54, 1.807) is 18.2 Å². The molecule has 1 heterocycles. The van der Waals surface area contributed by atoms with Crippen molar-refractivity contribution in [2.24, 2.45) is 0 Å². The molecule has 0 fully saturated rings. The Morgan fingerprint density at radius 2 is 2.08 bits per heavy atom. The first-order valence-electron chi connectivity index (χ1n) is 7.90. The van der Waals surface area contributed by atoms with Crippen LogP contribution in [0.15, 0.2) is 36.4 Å². The Bertz CT molecular complexity index is 834. The highest BCUT2D eigenvalue weighted by Crippen LogP contribution is 2.39. The third-order valence-corrected chi connectivity index (χ3v) is 4.33. The van der Waals surface area contributed by atoms with Gasteiger partial charge in [-0.2, -0.15) is 0 Å². The van der Waals surface area contributed by atoms with Crippen molar-refractivity contribution in [3.05, 3.63) is 52.5 Å². The van der Waals surface area contributed by atoms with Gasteiger partial charge in [0.25, 0.3) is 0 Å². The first-order valence-corrected chi connectivity index (χ1v) is 8.28. The summed E-state index contributed by atoms with van der Waals surface area (Å²) in [6.07, 6.45) is 0.535. The average molecular weight is 360 g/mol. The highest BCUT2D eigenvalue weighted by atomic mass is 35.5. The maximum Gasteiger partial charge on any atom is 0.337 e. The molecule has 1 amide bonds. The van der Waals surface area contributed by atoms with E-state index in [4.69, 9.17) is 21.1 Å². The fourth-order valence-electron chi connectivity index (χ4n) is 2.87. The van der Waals surface area contributed by atoms with E-state index >= 15 is 0 Å². The van der Waals surface area contributed by atoms with Gasteiger partial charge in [-0.3, -0.25) is 4.79 Å². The summed E-state index contributed by atoms with van der Waals surface area (Å²) in [5.74, 6) is 0.184. The van der Waals surface area contributed by atoms with Gasteiger partial charge in [-0.05, 0) is 35.4 Å². The van der Waals surface area contributed by atoms with Crippen LogP contribution in [-0.2, 0) is 16.0 Å². The molecule has 25 heavy (non-hydrogen) atoms. The molecule has 0 saturated heterocycles. The number of halogens is 1. The van der Waals surface area contributed by atoms with E-state index < -0.39 is 0 Å². The van der Waals surface area contributed by atoms with E-state index in [-0.39, 0.29) is 18.0 Å². The molecule has 130 valence electrons. The van der Waals surface area contributed by atoms with Crippen molar-refractivity contribution in [1.82, 2.24) is 5.32 Å². The molecule has 1 aliphatic rings. The summed E-state index contributed by atoms with van der Waals surface area (Å²) in [6, 6.07) is 11.0. The molecule has 0 bridgehead atoms. The number of hydrogen-bond donors (Lipinski definition) is 1. The zero-order valence-electron chi connectivity index (χ0n) is 14.0. The summed E-state index contributed by atoms with van der Waals surface area (Å²) >= 11 is 6.38. The van der Waals surface area contributed by atoms with Crippen molar-refractivity contribution in [2.75, 3.05) is 13.7 Å². The predicted molar refractivity (Wildman–Crippen MR) is 95.0 cm³/mol. The molecular formula is C19H18ClNO4. The van der Waals surface area contributed by atoms with Crippen LogP contribution in [0.25, 0.3) is 11.1 Å². The van der Waals surface area contributed by atoms with Crippen LogP contribution in [0.2, 0.25) is 5.02 Å². The molecule has 0 saturated carbocycles. The molecule has 3 rings (SSSR count). The lowest BCUT2D eigenvalue weighted by atomic mass is 9.99. The second-order valence-electron chi connectivity index (χ2n) is 5.90. The number of hydrogen-bond acceptors (Lipinski definition) is 4. The third-order valence-electron chi connectivity index (χ3n) is 4.05. The van der Waals surface area contributed by atoms with Gasteiger partial charge < -0.3 is 14.8 Å². The van der Waals surface area contributed by atoms with Gasteiger partial charge in [-0.25, -0.2) is 4.79 Å². The van der Waals surface area contributed by atoms with Gasteiger partial charge in [0.2, 0.25) is 5.91 Å². The first kappa shape index (κ1) is 17.3. The van der Waals surface area contributed by atoms with Crippen molar-refractivity contribution in [3.8, 4) is 16.9 Å². The molecule has 1 aliphatic heterocycles. The average Bonchev–Trinajstić information content (AvgIpc) is 3.03. The Morgan fingerprint density at radius 3 is 2.80 bits per heavy atom. The molecule has 1 atom stereocenters. The molecule has 0 aromatic heterocycles. The highest BCUT2D eigenvalue weighted by molar-refractivity contribution is 6.32. The van der Waals surface area contributed by atoms with E-state index in [1.807, 2.05) is 18.2 Å². The van der Waals surface area contributed by atoms with E-state index in [1.165, 1.54) is 14.0 Å². The number of methoxy groups -OCH3 is 1. The molecule has 5 nitrogen and oxygen atoms in total. The van der Waals surface area contributed by atoms with Gasteiger partial charge in [0.1, 0.15) is 11.9 Å². The number of ether oxygens (including phenoxy) is 2. The maximum absolute atomic E-state index is 11.7. The summed E-state index contributed by atoms with van der Waals surface area (Å²) in [6.45, 7) is 1.91. The largest absolute Gasteiger partial charge is 0.486 e. The van der Waals surface area contributed by atoms with Gasteiger partial charge in [0.05, 0.1) is 24.2 Å². The minimum absolute atomic E-state index is 0.0917. The number of rotatable bonds is 4. The Kier molecular flexibility index (Phi) is 4.95. The topological polar surface area (TPSA) is 64.6 Å². The normalized spacial score (nSPS) is 15.2. The second kappa shape index (κ2) is 7.15. The molecule has 6 heteroatoms. The highest BCUT2D eigenvalue weighted by Gasteiger charge is 2.26. The Labute approximate surface area is 150 Å². The molecule has 0 radical (unpaired) electrons. The summed E-state index contributed by atoms with van der Waals surface area (Å²) in [4.78, 5) is 22.8. The number of carbonyl (C=O) groups excluding carboxylic acids is 2. The van der Waals surface area contributed by atoms with Crippen molar-refractivity contribution < 1.29 is 19.1 Å². The van der Waals surface area contributed by atoms with Crippen LogP contribution < -0.4 is 10.1 Å². The summed E-state index contributed by atoms with van der Waals surface area (Å²) in [5, 5.41) is 3.27. The fraction of sp³-hybridized carbons (Fsp3) is 0.263. The number of esters is 1. The van der Waals surface area contributed by atoms with Crippen molar-refractivity contribution >= 4 is 23.5 Å². The minimum Gasteiger partial charge on any atom is -0.486 e. The SMILES string of the molecule is COC(=O)c1cccc(-c2cc(Cl)c3c(c2)C[C@@H](CNC(C)=O)O3)c1. The van der Waals surface area contributed by atoms with Crippen molar-refractivity contribution in [3.63, 3.8) is 0 Å². The Balaban J connectivity index is 1.87. The first-order chi connectivity index (χ1) is 12.0. The van der Waals surface area contributed by atoms with Crippen LogP contribution in [-0.4, -0.2) is 31.6 Å². The third kappa shape index (κ3) is 3.77. The van der Waals surface area contributed by atoms with Gasteiger partial charge in [0.15, 0.2) is 0 Å². The quantitative estimate of drug-likeness (QED) is 0.851. The molecule has 1 N–H and O–H groups in total. The zero-order valence-corrected chi connectivity index (χ0v) is 14.7. The Morgan fingerprint density at radius 1 is 1.28 bits per heavy atom. The van der Waals surface area contributed by atoms with E-state index in [2.05, 4.69) is 5.32 Å². The smallest absolute Gasteiger partial charge is 0.337 e.